The van der Waals surface area contributed by atoms with Crippen LogP contribution in [0.1, 0.15) is 26.7 Å². The van der Waals surface area contributed by atoms with Gasteiger partial charge in [-0.05, 0) is 38.8 Å². The maximum atomic E-state index is 13.4. The molecule has 2 unspecified atom stereocenters. The van der Waals surface area contributed by atoms with E-state index >= 15 is 0 Å². The Labute approximate surface area is 114 Å². The van der Waals surface area contributed by atoms with Crippen LogP contribution >= 0.6 is 0 Å². The Morgan fingerprint density at radius 3 is 2.63 bits per heavy atom. The maximum absolute atomic E-state index is 13.4. The molecule has 0 amide bonds. The van der Waals surface area contributed by atoms with Crippen molar-refractivity contribution in [2.24, 2.45) is 0 Å². The quantitative estimate of drug-likeness (QED) is 0.831. The van der Waals surface area contributed by atoms with E-state index in [0.717, 1.165) is 12.8 Å². The zero-order valence-electron chi connectivity index (χ0n) is 11.6. The summed E-state index contributed by atoms with van der Waals surface area (Å²) in [7, 11) is 0. The highest BCUT2D eigenvalue weighted by Gasteiger charge is 2.24. The lowest BCUT2D eigenvalue weighted by atomic mass is 10.0. The molecule has 2 atom stereocenters. The number of ether oxygens (including phenoxy) is 2. The molecule has 1 saturated heterocycles. The van der Waals surface area contributed by atoms with Gasteiger partial charge in [0.2, 0.25) is 0 Å². The summed E-state index contributed by atoms with van der Waals surface area (Å²) in [6, 6.07) is 6.68. The summed E-state index contributed by atoms with van der Waals surface area (Å²) < 4.78 is 24.8. The van der Waals surface area contributed by atoms with E-state index in [-0.39, 0.29) is 24.1 Å². The summed E-state index contributed by atoms with van der Waals surface area (Å²) in [5, 5.41) is 3.04. The molecule has 0 radical (unpaired) electrons. The van der Waals surface area contributed by atoms with Gasteiger partial charge in [0, 0.05) is 6.54 Å². The molecule has 1 aromatic rings. The van der Waals surface area contributed by atoms with Crippen LogP contribution in [0.5, 0.6) is 0 Å². The first kappa shape index (κ1) is 14.3. The van der Waals surface area contributed by atoms with Crippen LogP contribution in [-0.2, 0) is 9.47 Å². The number of rotatable bonds is 5. The van der Waals surface area contributed by atoms with Gasteiger partial charge < -0.3 is 14.8 Å². The first-order valence-electron chi connectivity index (χ1n) is 6.90. The molecule has 1 N–H and O–H groups in total. The van der Waals surface area contributed by atoms with E-state index < -0.39 is 0 Å². The highest BCUT2D eigenvalue weighted by molar-refractivity contribution is 5.44. The van der Waals surface area contributed by atoms with Gasteiger partial charge in [-0.3, -0.25) is 0 Å². The SMILES string of the molecule is CC1CC(OCCNc2ccccc2F)CC(C)O1. The Morgan fingerprint density at radius 1 is 1.26 bits per heavy atom. The molecule has 1 aliphatic rings. The van der Waals surface area contributed by atoms with Gasteiger partial charge in [0.15, 0.2) is 0 Å². The van der Waals surface area contributed by atoms with Crippen molar-refractivity contribution in [3.63, 3.8) is 0 Å². The van der Waals surface area contributed by atoms with Crippen LogP contribution in [0.4, 0.5) is 10.1 Å². The highest BCUT2D eigenvalue weighted by atomic mass is 19.1. The predicted octanol–water partition coefficient (Wildman–Crippen LogP) is 3.21. The van der Waals surface area contributed by atoms with Crippen LogP contribution in [0.3, 0.4) is 0 Å². The van der Waals surface area contributed by atoms with Crippen molar-refractivity contribution < 1.29 is 13.9 Å². The van der Waals surface area contributed by atoms with E-state index in [9.17, 15) is 4.39 Å². The lowest BCUT2D eigenvalue weighted by Crippen LogP contribution is -2.34. The summed E-state index contributed by atoms with van der Waals surface area (Å²) in [5.41, 5.74) is 0.528. The van der Waals surface area contributed by atoms with Crippen molar-refractivity contribution >= 4 is 5.69 Å². The van der Waals surface area contributed by atoms with Crippen molar-refractivity contribution in [1.29, 1.82) is 0 Å². The first-order chi connectivity index (χ1) is 9.15. The van der Waals surface area contributed by atoms with Crippen molar-refractivity contribution in [2.45, 2.75) is 45.0 Å². The molecular weight excluding hydrogens is 245 g/mol. The molecule has 2 rings (SSSR count). The molecular formula is C15H22FNO2. The summed E-state index contributed by atoms with van der Waals surface area (Å²) in [6.07, 6.45) is 2.64. The molecule has 0 bridgehead atoms. The summed E-state index contributed by atoms with van der Waals surface area (Å²) in [5.74, 6) is -0.226. The number of benzene rings is 1. The standard InChI is InChI=1S/C15H22FNO2/c1-11-9-13(10-12(2)19-11)18-8-7-17-15-6-4-3-5-14(15)16/h3-6,11-13,17H,7-10H2,1-2H3. The average Bonchev–Trinajstić information content (AvgIpc) is 2.35. The van der Waals surface area contributed by atoms with Crippen molar-refractivity contribution in [2.75, 3.05) is 18.5 Å². The number of anilines is 1. The van der Waals surface area contributed by atoms with Crippen LogP contribution in [0.25, 0.3) is 0 Å². The minimum absolute atomic E-state index is 0.226. The van der Waals surface area contributed by atoms with E-state index in [1.807, 2.05) is 6.07 Å². The summed E-state index contributed by atoms with van der Waals surface area (Å²) in [6.45, 7) is 5.34. The Morgan fingerprint density at radius 2 is 1.95 bits per heavy atom. The molecule has 1 heterocycles. The Bertz CT molecular complexity index is 389. The van der Waals surface area contributed by atoms with Gasteiger partial charge in [0.1, 0.15) is 5.82 Å². The van der Waals surface area contributed by atoms with Crippen LogP contribution in [0, 0.1) is 5.82 Å². The monoisotopic (exact) mass is 267 g/mol. The Balaban J connectivity index is 1.68. The predicted molar refractivity (Wildman–Crippen MR) is 73.9 cm³/mol. The third kappa shape index (κ3) is 4.48. The second-order valence-electron chi connectivity index (χ2n) is 5.13. The van der Waals surface area contributed by atoms with E-state index in [2.05, 4.69) is 19.2 Å². The normalized spacial score (nSPS) is 27.2. The van der Waals surface area contributed by atoms with E-state index in [1.54, 1.807) is 12.1 Å². The number of nitrogens with one attached hydrogen (secondary N) is 1. The lowest BCUT2D eigenvalue weighted by molar-refractivity contribution is -0.0998. The molecule has 1 fully saturated rings. The fraction of sp³-hybridized carbons (Fsp3) is 0.600. The van der Waals surface area contributed by atoms with E-state index in [0.29, 0.717) is 18.8 Å². The number of para-hydroxylation sites is 1. The van der Waals surface area contributed by atoms with E-state index in [4.69, 9.17) is 9.47 Å². The van der Waals surface area contributed by atoms with Gasteiger partial charge in [0.25, 0.3) is 0 Å². The average molecular weight is 267 g/mol. The molecule has 0 saturated carbocycles. The van der Waals surface area contributed by atoms with Crippen molar-refractivity contribution in [1.82, 2.24) is 0 Å². The van der Waals surface area contributed by atoms with Crippen LogP contribution < -0.4 is 5.32 Å². The highest BCUT2D eigenvalue weighted by Crippen LogP contribution is 2.21. The lowest BCUT2D eigenvalue weighted by Gasteiger charge is -2.32. The fourth-order valence-corrected chi connectivity index (χ4v) is 2.50. The largest absolute Gasteiger partial charge is 0.380 e. The van der Waals surface area contributed by atoms with Crippen molar-refractivity contribution in [3.8, 4) is 0 Å². The zero-order valence-corrected chi connectivity index (χ0v) is 11.6. The minimum Gasteiger partial charge on any atom is -0.380 e. The van der Waals surface area contributed by atoms with Crippen LogP contribution in [0.15, 0.2) is 24.3 Å². The zero-order chi connectivity index (χ0) is 13.7. The smallest absolute Gasteiger partial charge is 0.146 e. The molecule has 106 valence electrons. The molecule has 0 aromatic heterocycles. The van der Waals surface area contributed by atoms with Gasteiger partial charge in [0.05, 0.1) is 30.6 Å². The van der Waals surface area contributed by atoms with Crippen LogP contribution in [-0.4, -0.2) is 31.5 Å². The van der Waals surface area contributed by atoms with E-state index in [1.165, 1.54) is 6.07 Å². The fourth-order valence-electron chi connectivity index (χ4n) is 2.50. The van der Waals surface area contributed by atoms with Gasteiger partial charge in [-0.1, -0.05) is 12.1 Å². The molecule has 0 spiro atoms. The third-order valence-electron chi connectivity index (χ3n) is 3.30. The Hall–Kier alpha value is -1.13. The topological polar surface area (TPSA) is 30.5 Å². The van der Waals surface area contributed by atoms with Crippen LogP contribution in [0.2, 0.25) is 0 Å². The molecule has 0 aliphatic carbocycles. The number of halogens is 1. The Kier molecular flexibility index (Phi) is 5.16. The van der Waals surface area contributed by atoms with Gasteiger partial charge in [-0.2, -0.15) is 0 Å². The number of hydrogen-bond acceptors (Lipinski definition) is 3. The molecule has 3 nitrogen and oxygen atoms in total. The second-order valence-corrected chi connectivity index (χ2v) is 5.13. The van der Waals surface area contributed by atoms with Gasteiger partial charge in [-0.25, -0.2) is 4.39 Å². The second kappa shape index (κ2) is 6.87. The summed E-state index contributed by atoms with van der Waals surface area (Å²) >= 11 is 0. The number of hydrogen-bond donors (Lipinski definition) is 1. The first-order valence-corrected chi connectivity index (χ1v) is 6.90. The molecule has 4 heteroatoms. The van der Waals surface area contributed by atoms with Gasteiger partial charge in [-0.15, -0.1) is 0 Å². The molecule has 19 heavy (non-hydrogen) atoms. The molecule has 1 aliphatic heterocycles. The van der Waals surface area contributed by atoms with Gasteiger partial charge >= 0.3 is 0 Å². The minimum atomic E-state index is -0.226. The maximum Gasteiger partial charge on any atom is 0.146 e. The van der Waals surface area contributed by atoms with Crippen molar-refractivity contribution in [3.05, 3.63) is 30.1 Å². The molecule has 1 aromatic carbocycles. The summed E-state index contributed by atoms with van der Waals surface area (Å²) in [4.78, 5) is 0. The third-order valence-corrected chi connectivity index (χ3v) is 3.30.